The van der Waals surface area contributed by atoms with Crippen molar-refractivity contribution in [2.45, 2.75) is 24.7 Å². The maximum absolute atomic E-state index is 12.5. The van der Waals surface area contributed by atoms with Gasteiger partial charge in [-0.25, -0.2) is 0 Å². The molecule has 8 heteroatoms. The minimum absolute atomic E-state index is 0.0255. The fraction of sp³-hybridized carbons (Fsp3) is 0.190. The van der Waals surface area contributed by atoms with E-state index in [0.29, 0.717) is 33.9 Å². The second-order valence-electron chi connectivity index (χ2n) is 6.15. The molecule has 3 rings (SSSR count). The van der Waals surface area contributed by atoms with E-state index in [9.17, 15) is 4.79 Å². The summed E-state index contributed by atoms with van der Waals surface area (Å²) >= 11 is 10.9. The summed E-state index contributed by atoms with van der Waals surface area (Å²) in [6, 6.07) is 14.6. The molecular weight excluding hydrogens is 474 g/mol. The highest BCUT2D eigenvalue weighted by molar-refractivity contribution is 9.10. The molecule has 1 atom stereocenters. The van der Waals surface area contributed by atoms with Crippen molar-refractivity contribution >= 4 is 45.1 Å². The molecule has 5 nitrogen and oxygen atoms in total. The van der Waals surface area contributed by atoms with Gasteiger partial charge >= 0.3 is 0 Å². The first-order valence-electron chi connectivity index (χ1n) is 8.86. The van der Waals surface area contributed by atoms with Crippen LogP contribution in [0.4, 0.5) is 0 Å². The number of benzene rings is 2. The summed E-state index contributed by atoms with van der Waals surface area (Å²) in [4.78, 5) is 12.5. The van der Waals surface area contributed by atoms with Crippen molar-refractivity contribution in [1.29, 1.82) is 0 Å². The van der Waals surface area contributed by atoms with Crippen molar-refractivity contribution in [1.82, 2.24) is 14.8 Å². The smallest absolute Gasteiger partial charge is 0.192 e. The normalized spacial score (nSPS) is 11.8. The molecule has 0 aliphatic carbocycles. The van der Waals surface area contributed by atoms with Crippen LogP contribution in [0.1, 0.15) is 29.2 Å². The Balaban J connectivity index is 1.74. The molecule has 0 radical (unpaired) electrons. The summed E-state index contributed by atoms with van der Waals surface area (Å²) in [5.41, 5.74) is 0.658. The second-order valence-corrected chi connectivity index (χ2v) is 8.41. The molecular formula is C21H19BrClN3O2S. The molecule has 150 valence electrons. The maximum atomic E-state index is 12.5. The first-order valence-corrected chi connectivity index (χ1v) is 11.0. The van der Waals surface area contributed by atoms with E-state index in [0.717, 1.165) is 4.47 Å². The van der Waals surface area contributed by atoms with Crippen LogP contribution in [0, 0.1) is 0 Å². The van der Waals surface area contributed by atoms with Gasteiger partial charge in [-0.2, -0.15) is 0 Å². The summed E-state index contributed by atoms with van der Waals surface area (Å²) < 4.78 is 8.80. The largest absolute Gasteiger partial charge is 0.481 e. The Bertz CT molecular complexity index is 1010. The first-order chi connectivity index (χ1) is 14.0. The fourth-order valence-corrected chi connectivity index (χ4v) is 3.93. The monoisotopic (exact) mass is 491 g/mol. The van der Waals surface area contributed by atoms with Gasteiger partial charge in [0.1, 0.15) is 5.75 Å². The van der Waals surface area contributed by atoms with Crippen molar-refractivity contribution in [2.24, 2.45) is 0 Å². The third kappa shape index (κ3) is 5.50. The summed E-state index contributed by atoms with van der Waals surface area (Å²) in [6.07, 6.45) is 1.38. The molecule has 0 saturated carbocycles. The van der Waals surface area contributed by atoms with Crippen molar-refractivity contribution in [3.05, 3.63) is 82.1 Å². The fourth-order valence-electron chi connectivity index (χ4n) is 2.64. The molecule has 1 unspecified atom stereocenters. The van der Waals surface area contributed by atoms with Gasteiger partial charge in [0, 0.05) is 16.6 Å². The minimum Gasteiger partial charge on any atom is -0.481 e. The number of hydrogen-bond donors (Lipinski definition) is 0. The topological polar surface area (TPSA) is 57.0 Å². The Morgan fingerprint density at radius 3 is 2.69 bits per heavy atom. The average molecular weight is 493 g/mol. The number of para-hydroxylation sites is 1. The third-order valence-electron chi connectivity index (χ3n) is 4.06. The van der Waals surface area contributed by atoms with Crippen LogP contribution in [0.15, 0.2) is 70.8 Å². The molecule has 0 N–H and O–H groups in total. The van der Waals surface area contributed by atoms with E-state index in [1.165, 1.54) is 11.8 Å². The number of allylic oxidation sites excluding steroid dienone is 1. The van der Waals surface area contributed by atoms with E-state index in [1.54, 1.807) is 30.3 Å². The van der Waals surface area contributed by atoms with Gasteiger partial charge < -0.3 is 4.74 Å². The van der Waals surface area contributed by atoms with Gasteiger partial charge in [-0.15, -0.1) is 16.8 Å². The van der Waals surface area contributed by atoms with Crippen molar-refractivity contribution in [2.75, 3.05) is 5.75 Å². The summed E-state index contributed by atoms with van der Waals surface area (Å²) in [7, 11) is 0. The number of ketones is 1. The number of halogens is 2. The van der Waals surface area contributed by atoms with Crippen LogP contribution in [0.3, 0.4) is 0 Å². The van der Waals surface area contributed by atoms with Gasteiger partial charge in [-0.05, 0) is 31.2 Å². The lowest BCUT2D eigenvalue weighted by molar-refractivity contribution is 0.102. The molecule has 0 amide bonds. The molecule has 3 aromatic rings. The van der Waals surface area contributed by atoms with E-state index in [4.69, 9.17) is 16.3 Å². The minimum atomic E-state index is -0.376. The van der Waals surface area contributed by atoms with Crippen LogP contribution in [-0.4, -0.2) is 26.3 Å². The zero-order valence-electron chi connectivity index (χ0n) is 15.7. The van der Waals surface area contributed by atoms with Gasteiger partial charge in [-0.3, -0.25) is 9.36 Å². The quantitative estimate of drug-likeness (QED) is 0.208. The Morgan fingerprint density at radius 1 is 1.28 bits per heavy atom. The number of hydrogen-bond acceptors (Lipinski definition) is 5. The second kappa shape index (κ2) is 10.1. The number of thioether (sulfide) groups is 1. The zero-order valence-corrected chi connectivity index (χ0v) is 18.9. The molecule has 0 fully saturated rings. The number of rotatable bonds is 9. The van der Waals surface area contributed by atoms with Crippen molar-refractivity contribution in [3.63, 3.8) is 0 Å². The van der Waals surface area contributed by atoms with Crippen LogP contribution in [0.5, 0.6) is 5.75 Å². The number of ether oxygens (including phenoxy) is 1. The van der Waals surface area contributed by atoms with E-state index < -0.39 is 0 Å². The Kier molecular flexibility index (Phi) is 7.52. The zero-order chi connectivity index (χ0) is 20.8. The van der Waals surface area contributed by atoms with Gasteiger partial charge in [-0.1, -0.05) is 69.6 Å². The summed E-state index contributed by atoms with van der Waals surface area (Å²) in [6.45, 7) is 6.20. The first kappa shape index (κ1) is 21.6. The van der Waals surface area contributed by atoms with Crippen LogP contribution in [0.25, 0.3) is 0 Å². The van der Waals surface area contributed by atoms with E-state index >= 15 is 0 Å². The lowest BCUT2D eigenvalue weighted by Gasteiger charge is -2.16. The standard InChI is InChI=1S/C21H19BrClN3O2S/c1-3-12-26-20(14(2)28-19-7-5-4-6-17(19)23)24-25-21(26)29-13-18(27)15-8-10-16(22)11-9-15/h3-11,14H,1,12-13H2,2H3. The number of nitrogens with zero attached hydrogens (tertiary/aromatic N) is 3. The Morgan fingerprint density at radius 2 is 2.00 bits per heavy atom. The molecule has 0 aliphatic heterocycles. The van der Waals surface area contributed by atoms with Gasteiger partial charge in [0.05, 0.1) is 10.8 Å². The van der Waals surface area contributed by atoms with Crippen LogP contribution in [-0.2, 0) is 6.54 Å². The molecule has 29 heavy (non-hydrogen) atoms. The Hall–Kier alpha value is -2.09. The van der Waals surface area contributed by atoms with E-state index in [2.05, 4.69) is 32.7 Å². The highest BCUT2D eigenvalue weighted by Crippen LogP contribution is 2.29. The predicted molar refractivity (Wildman–Crippen MR) is 120 cm³/mol. The molecule has 1 aromatic heterocycles. The average Bonchev–Trinajstić information content (AvgIpc) is 3.11. The predicted octanol–water partition coefficient (Wildman–Crippen LogP) is 6.00. The van der Waals surface area contributed by atoms with Gasteiger partial charge in [0.2, 0.25) is 0 Å². The molecule has 0 saturated heterocycles. The van der Waals surface area contributed by atoms with Crippen LogP contribution < -0.4 is 4.74 Å². The Labute approximate surface area is 187 Å². The highest BCUT2D eigenvalue weighted by Gasteiger charge is 2.20. The van der Waals surface area contributed by atoms with Gasteiger partial charge in [0.25, 0.3) is 0 Å². The van der Waals surface area contributed by atoms with Gasteiger partial charge in [0.15, 0.2) is 22.9 Å². The van der Waals surface area contributed by atoms with E-state index in [1.807, 2.05) is 35.8 Å². The number of aromatic nitrogens is 3. The number of Topliss-reactive ketones (excluding diaryl/α,β-unsaturated/α-hetero) is 1. The van der Waals surface area contributed by atoms with Crippen molar-refractivity contribution in [3.8, 4) is 5.75 Å². The number of carbonyl (C=O) groups is 1. The molecule has 0 bridgehead atoms. The van der Waals surface area contributed by atoms with Crippen LogP contribution >= 0.6 is 39.3 Å². The summed E-state index contributed by atoms with van der Waals surface area (Å²) in [5.74, 6) is 1.51. The van der Waals surface area contributed by atoms with E-state index in [-0.39, 0.29) is 17.6 Å². The molecule has 0 aliphatic rings. The van der Waals surface area contributed by atoms with Crippen molar-refractivity contribution < 1.29 is 9.53 Å². The summed E-state index contributed by atoms with van der Waals surface area (Å²) in [5, 5.41) is 9.71. The highest BCUT2D eigenvalue weighted by atomic mass is 79.9. The number of carbonyl (C=O) groups excluding carboxylic acids is 1. The molecule has 2 aromatic carbocycles. The third-order valence-corrected chi connectivity index (χ3v) is 5.87. The molecule has 1 heterocycles. The van der Waals surface area contributed by atoms with Crippen LogP contribution in [0.2, 0.25) is 5.02 Å². The lowest BCUT2D eigenvalue weighted by Crippen LogP contribution is -2.13. The SMILES string of the molecule is C=CCn1c(SCC(=O)c2ccc(Br)cc2)nnc1C(C)Oc1ccccc1Cl. The lowest BCUT2D eigenvalue weighted by atomic mass is 10.2. The molecule has 0 spiro atoms. The maximum Gasteiger partial charge on any atom is 0.192 e.